The second kappa shape index (κ2) is 5.99. The van der Waals surface area contributed by atoms with Crippen LogP contribution in [0.4, 0.5) is 0 Å². The fourth-order valence-electron chi connectivity index (χ4n) is 1.18. The average molecular weight is 291 g/mol. The Morgan fingerprint density at radius 1 is 1.33 bits per heavy atom. The summed E-state index contributed by atoms with van der Waals surface area (Å²) in [5, 5.41) is 8.97. The Morgan fingerprint density at radius 3 is 2.60 bits per heavy atom. The molecule has 86 valence electrons. The number of halogens is 1. The quantitative estimate of drug-likeness (QED) is 0.815. The van der Waals surface area contributed by atoms with Gasteiger partial charge in [-0.3, -0.25) is 0 Å². The molecule has 0 aliphatic rings. The lowest BCUT2D eigenvalue weighted by Gasteiger charge is -2.20. The van der Waals surface area contributed by atoms with Gasteiger partial charge in [-0.1, -0.05) is 0 Å². The summed E-state index contributed by atoms with van der Waals surface area (Å²) < 4.78 is 1.21. The van der Waals surface area contributed by atoms with Gasteiger partial charge < -0.3 is 10.6 Å². The van der Waals surface area contributed by atoms with Crippen LogP contribution in [0.2, 0.25) is 0 Å². The highest BCUT2D eigenvalue weighted by Gasteiger charge is 2.07. The molecule has 0 unspecified atom stereocenters. The first-order chi connectivity index (χ1) is 6.99. The maximum atomic E-state index is 3.52. The molecule has 2 nitrogen and oxygen atoms in total. The standard InChI is InChI=1S/C11H19BrN2S/c1-11(2,3)14-6-5-13-8-10-9(12)4-7-15-10/h4,7,13-14H,5-6,8H2,1-3H3. The van der Waals surface area contributed by atoms with E-state index >= 15 is 0 Å². The van der Waals surface area contributed by atoms with Crippen molar-refractivity contribution in [3.8, 4) is 0 Å². The van der Waals surface area contributed by atoms with Gasteiger partial charge in [-0.2, -0.15) is 0 Å². The molecule has 1 aromatic heterocycles. The highest BCUT2D eigenvalue weighted by atomic mass is 79.9. The average Bonchev–Trinajstić information content (AvgIpc) is 2.49. The van der Waals surface area contributed by atoms with E-state index in [2.05, 4.69) is 58.8 Å². The number of nitrogens with one attached hydrogen (secondary N) is 2. The summed E-state index contributed by atoms with van der Waals surface area (Å²) in [7, 11) is 0. The molecular formula is C11H19BrN2S. The SMILES string of the molecule is CC(C)(C)NCCNCc1sccc1Br. The minimum Gasteiger partial charge on any atom is -0.311 e. The van der Waals surface area contributed by atoms with E-state index in [9.17, 15) is 0 Å². The molecule has 15 heavy (non-hydrogen) atoms. The maximum absolute atomic E-state index is 3.52. The van der Waals surface area contributed by atoms with E-state index in [0.29, 0.717) is 0 Å². The van der Waals surface area contributed by atoms with Crippen molar-refractivity contribution in [1.29, 1.82) is 0 Å². The summed E-state index contributed by atoms with van der Waals surface area (Å²) in [5.74, 6) is 0. The summed E-state index contributed by atoms with van der Waals surface area (Å²) in [6.45, 7) is 9.51. The second-order valence-electron chi connectivity index (χ2n) is 4.55. The monoisotopic (exact) mass is 290 g/mol. The Labute approximate surface area is 105 Å². The van der Waals surface area contributed by atoms with Crippen LogP contribution < -0.4 is 10.6 Å². The molecule has 0 radical (unpaired) electrons. The number of hydrogen-bond acceptors (Lipinski definition) is 3. The topological polar surface area (TPSA) is 24.1 Å². The minimum atomic E-state index is 0.213. The van der Waals surface area contributed by atoms with E-state index < -0.39 is 0 Å². The highest BCUT2D eigenvalue weighted by molar-refractivity contribution is 9.10. The Bertz CT molecular complexity index is 291. The molecule has 2 N–H and O–H groups in total. The normalized spacial score (nSPS) is 12.0. The van der Waals surface area contributed by atoms with Crippen molar-refractivity contribution in [1.82, 2.24) is 10.6 Å². The van der Waals surface area contributed by atoms with Crippen molar-refractivity contribution in [3.05, 3.63) is 20.8 Å². The smallest absolute Gasteiger partial charge is 0.0327 e. The van der Waals surface area contributed by atoms with Gasteiger partial charge in [-0.05, 0) is 48.1 Å². The van der Waals surface area contributed by atoms with Crippen LogP contribution >= 0.6 is 27.3 Å². The summed E-state index contributed by atoms with van der Waals surface area (Å²) in [5.41, 5.74) is 0.213. The van der Waals surface area contributed by atoms with Crippen LogP contribution in [0.15, 0.2) is 15.9 Å². The molecule has 0 aromatic carbocycles. The van der Waals surface area contributed by atoms with Gasteiger partial charge >= 0.3 is 0 Å². The first-order valence-electron chi connectivity index (χ1n) is 5.17. The highest BCUT2D eigenvalue weighted by Crippen LogP contribution is 2.21. The lowest BCUT2D eigenvalue weighted by Crippen LogP contribution is -2.40. The number of rotatable bonds is 5. The molecule has 1 rings (SSSR count). The van der Waals surface area contributed by atoms with E-state index in [1.165, 1.54) is 9.35 Å². The van der Waals surface area contributed by atoms with Crippen LogP contribution in [0.3, 0.4) is 0 Å². The third-order valence-electron chi connectivity index (χ3n) is 1.93. The van der Waals surface area contributed by atoms with Crippen molar-refractivity contribution in [2.45, 2.75) is 32.9 Å². The third kappa shape index (κ3) is 5.66. The van der Waals surface area contributed by atoms with Crippen molar-refractivity contribution in [3.63, 3.8) is 0 Å². The molecule has 0 amide bonds. The van der Waals surface area contributed by atoms with Crippen molar-refractivity contribution in [2.24, 2.45) is 0 Å². The Balaban J connectivity index is 2.10. The van der Waals surface area contributed by atoms with Crippen LogP contribution in [-0.4, -0.2) is 18.6 Å². The lowest BCUT2D eigenvalue weighted by molar-refractivity contribution is 0.421. The molecule has 1 aromatic rings. The van der Waals surface area contributed by atoms with Crippen LogP contribution in [0.1, 0.15) is 25.6 Å². The zero-order valence-electron chi connectivity index (χ0n) is 9.56. The molecule has 4 heteroatoms. The van der Waals surface area contributed by atoms with E-state index in [1.807, 2.05) is 0 Å². The maximum Gasteiger partial charge on any atom is 0.0327 e. The largest absolute Gasteiger partial charge is 0.311 e. The van der Waals surface area contributed by atoms with Crippen molar-refractivity contribution >= 4 is 27.3 Å². The van der Waals surface area contributed by atoms with Crippen LogP contribution in [-0.2, 0) is 6.54 Å². The van der Waals surface area contributed by atoms with Gasteiger partial charge in [0.05, 0.1) is 0 Å². The summed E-state index contributed by atoms with van der Waals surface area (Å²) in [6.07, 6.45) is 0. The molecule has 1 heterocycles. The Hall–Kier alpha value is 0.100. The second-order valence-corrected chi connectivity index (χ2v) is 6.40. The molecule has 0 saturated carbocycles. The van der Waals surface area contributed by atoms with Crippen molar-refractivity contribution < 1.29 is 0 Å². The molecule has 0 aliphatic heterocycles. The van der Waals surface area contributed by atoms with Gasteiger partial charge in [-0.15, -0.1) is 11.3 Å². The Kier molecular flexibility index (Phi) is 5.26. The van der Waals surface area contributed by atoms with E-state index in [-0.39, 0.29) is 5.54 Å². The van der Waals surface area contributed by atoms with Crippen LogP contribution in [0, 0.1) is 0 Å². The van der Waals surface area contributed by atoms with E-state index in [0.717, 1.165) is 19.6 Å². The molecular weight excluding hydrogens is 272 g/mol. The molecule has 0 bridgehead atoms. The first-order valence-corrected chi connectivity index (χ1v) is 6.84. The van der Waals surface area contributed by atoms with Gasteiger partial charge in [0.25, 0.3) is 0 Å². The van der Waals surface area contributed by atoms with Gasteiger partial charge in [0.1, 0.15) is 0 Å². The molecule has 0 fully saturated rings. The first kappa shape index (κ1) is 13.2. The molecule has 0 atom stereocenters. The minimum absolute atomic E-state index is 0.213. The van der Waals surface area contributed by atoms with Crippen LogP contribution in [0.5, 0.6) is 0 Å². The predicted octanol–water partition coefficient (Wildman–Crippen LogP) is 2.99. The zero-order valence-corrected chi connectivity index (χ0v) is 12.0. The zero-order chi connectivity index (χ0) is 11.3. The fraction of sp³-hybridized carbons (Fsp3) is 0.636. The predicted molar refractivity (Wildman–Crippen MR) is 71.5 cm³/mol. The van der Waals surface area contributed by atoms with E-state index in [1.54, 1.807) is 11.3 Å². The Morgan fingerprint density at radius 2 is 2.07 bits per heavy atom. The van der Waals surface area contributed by atoms with Gasteiger partial charge in [0, 0.05) is 34.5 Å². The summed E-state index contributed by atoms with van der Waals surface area (Å²) in [6, 6.07) is 2.09. The number of hydrogen-bond donors (Lipinski definition) is 2. The lowest BCUT2D eigenvalue weighted by atomic mass is 10.1. The fourth-order valence-corrected chi connectivity index (χ4v) is 2.64. The van der Waals surface area contributed by atoms with E-state index in [4.69, 9.17) is 0 Å². The summed E-state index contributed by atoms with van der Waals surface area (Å²) in [4.78, 5) is 1.37. The van der Waals surface area contributed by atoms with Crippen LogP contribution in [0.25, 0.3) is 0 Å². The van der Waals surface area contributed by atoms with Gasteiger partial charge in [0.2, 0.25) is 0 Å². The summed E-state index contributed by atoms with van der Waals surface area (Å²) >= 11 is 5.31. The molecule has 0 spiro atoms. The molecule has 0 aliphatic carbocycles. The number of thiophene rings is 1. The van der Waals surface area contributed by atoms with Gasteiger partial charge in [0.15, 0.2) is 0 Å². The van der Waals surface area contributed by atoms with Gasteiger partial charge in [-0.25, -0.2) is 0 Å². The third-order valence-corrected chi connectivity index (χ3v) is 3.86. The van der Waals surface area contributed by atoms with Crippen molar-refractivity contribution in [2.75, 3.05) is 13.1 Å². The molecule has 0 saturated heterocycles.